The van der Waals surface area contributed by atoms with Crippen LogP contribution in [0, 0.1) is 5.92 Å². The van der Waals surface area contributed by atoms with Crippen molar-refractivity contribution in [1.29, 1.82) is 0 Å². The van der Waals surface area contributed by atoms with Gasteiger partial charge in [0.1, 0.15) is 0 Å². The van der Waals surface area contributed by atoms with E-state index in [9.17, 15) is 4.79 Å². The summed E-state index contributed by atoms with van der Waals surface area (Å²) >= 11 is 0. The van der Waals surface area contributed by atoms with Gasteiger partial charge in [0.05, 0.1) is 32.0 Å². The van der Waals surface area contributed by atoms with Crippen LogP contribution >= 0.6 is 0 Å². The predicted molar refractivity (Wildman–Crippen MR) is 50.6 cm³/mol. The Morgan fingerprint density at radius 3 is 2.93 bits per heavy atom. The average molecular weight is 197 g/mol. The fourth-order valence-corrected chi connectivity index (χ4v) is 1.82. The zero-order chi connectivity index (χ0) is 9.97. The normalized spacial score (nSPS) is 32.2. The second-order valence-electron chi connectivity index (χ2n) is 3.79. The summed E-state index contributed by atoms with van der Waals surface area (Å²) in [7, 11) is 0. The van der Waals surface area contributed by atoms with Gasteiger partial charge in [-0.1, -0.05) is 0 Å². The molecule has 0 bridgehead atoms. The van der Waals surface area contributed by atoms with Crippen molar-refractivity contribution < 1.29 is 14.3 Å². The first-order valence-corrected chi connectivity index (χ1v) is 4.97. The van der Waals surface area contributed by atoms with Crippen LogP contribution in [0.15, 0.2) is 11.8 Å². The lowest BCUT2D eigenvalue weighted by Crippen LogP contribution is -2.35. The predicted octanol–water partition coefficient (Wildman–Crippen LogP) is 0.223. The molecule has 0 aliphatic carbocycles. The Hall–Kier alpha value is -0.870. The summed E-state index contributed by atoms with van der Waals surface area (Å²) in [4.78, 5) is 11.9. The van der Waals surface area contributed by atoms with Crippen molar-refractivity contribution >= 4 is 5.78 Å². The first-order valence-electron chi connectivity index (χ1n) is 4.97. The minimum Gasteiger partial charge on any atom is -0.501 e. The van der Waals surface area contributed by atoms with Crippen molar-refractivity contribution in [1.82, 2.24) is 0 Å². The van der Waals surface area contributed by atoms with Gasteiger partial charge >= 0.3 is 0 Å². The quantitative estimate of drug-likeness (QED) is 0.688. The fourth-order valence-electron chi connectivity index (χ4n) is 1.82. The monoisotopic (exact) mass is 197 g/mol. The van der Waals surface area contributed by atoms with Gasteiger partial charge in [0.15, 0.2) is 5.78 Å². The van der Waals surface area contributed by atoms with E-state index in [4.69, 9.17) is 15.2 Å². The molecule has 2 aliphatic rings. The lowest BCUT2D eigenvalue weighted by molar-refractivity contribution is -0.119. The number of hydrogen-bond donors (Lipinski definition) is 1. The van der Waals surface area contributed by atoms with E-state index in [0.717, 1.165) is 18.4 Å². The molecule has 2 heterocycles. The van der Waals surface area contributed by atoms with Gasteiger partial charge in [-0.3, -0.25) is 4.79 Å². The Kier molecular flexibility index (Phi) is 2.84. The van der Waals surface area contributed by atoms with Gasteiger partial charge in [-0.15, -0.1) is 0 Å². The van der Waals surface area contributed by atoms with Crippen LogP contribution in [0.4, 0.5) is 0 Å². The third-order valence-electron chi connectivity index (χ3n) is 2.71. The van der Waals surface area contributed by atoms with Crippen molar-refractivity contribution in [2.45, 2.75) is 18.9 Å². The third kappa shape index (κ3) is 1.81. The Bertz CT molecular complexity index is 262. The minimum atomic E-state index is -0.164. The third-order valence-corrected chi connectivity index (χ3v) is 2.71. The van der Waals surface area contributed by atoms with E-state index in [-0.39, 0.29) is 17.7 Å². The van der Waals surface area contributed by atoms with E-state index in [0.29, 0.717) is 19.8 Å². The number of allylic oxidation sites excluding steroid dienone is 1. The van der Waals surface area contributed by atoms with Crippen LogP contribution < -0.4 is 5.73 Å². The molecular formula is C10H15NO3. The summed E-state index contributed by atoms with van der Waals surface area (Å²) in [6.45, 7) is 1.66. The van der Waals surface area contributed by atoms with Crippen LogP contribution in [0.2, 0.25) is 0 Å². The molecule has 4 heteroatoms. The number of rotatable bonds is 2. The molecule has 2 N–H and O–H groups in total. The highest BCUT2D eigenvalue weighted by molar-refractivity contribution is 5.97. The zero-order valence-corrected chi connectivity index (χ0v) is 8.07. The molecule has 2 aliphatic heterocycles. The van der Waals surface area contributed by atoms with Crippen LogP contribution in [0.5, 0.6) is 0 Å². The molecule has 0 amide bonds. The summed E-state index contributed by atoms with van der Waals surface area (Å²) in [6, 6.07) is -0.148. The molecule has 0 aromatic carbocycles. The van der Waals surface area contributed by atoms with E-state index in [1.807, 2.05) is 0 Å². The molecule has 1 saturated heterocycles. The van der Waals surface area contributed by atoms with Gasteiger partial charge in [-0.05, 0) is 12.8 Å². The van der Waals surface area contributed by atoms with Crippen LogP contribution in [-0.2, 0) is 14.3 Å². The number of ether oxygens (including phenoxy) is 2. The Balaban J connectivity index is 2.03. The van der Waals surface area contributed by atoms with Gasteiger partial charge in [-0.2, -0.15) is 0 Å². The molecule has 2 atom stereocenters. The molecule has 2 rings (SSSR count). The molecule has 4 nitrogen and oxygen atoms in total. The van der Waals surface area contributed by atoms with Crippen LogP contribution in [-0.4, -0.2) is 31.6 Å². The molecule has 2 unspecified atom stereocenters. The molecule has 0 aromatic heterocycles. The lowest BCUT2D eigenvalue weighted by atomic mass is 9.92. The van der Waals surface area contributed by atoms with E-state index < -0.39 is 0 Å². The highest BCUT2D eigenvalue weighted by atomic mass is 16.5. The second kappa shape index (κ2) is 4.11. The van der Waals surface area contributed by atoms with Crippen molar-refractivity contribution in [3.05, 3.63) is 11.8 Å². The molecule has 1 fully saturated rings. The standard InChI is InChI=1S/C10H15NO3/c11-9-6-14-5-8(9)10(12)7-2-1-3-13-4-7/h4,8-9H,1-3,5-6,11H2. The number of nitrogens with two attached hydrogens (primary N) is 1. The SMILES string of the molecule is NC1COCC1C(=O)C1=COCCC1. The highest BCUT2D eigenvalue weighted by Gasteiger charge is 2.33. The number of carbonyl (C=O) groups is 1. The highest BCUT2D eigenvalue weighted by Crippen LogP contribution is 2.21. The lowest BCUT2D eigenvalue weighted by Gasteiger charge is -2.17. The summed E-state index contributed by atoms with van der Waals surface area (Å²) in [5, 5.41) is 0. The molecule has 14 heavy (non-hydrogen) atoms. The van der Waals surface area contributed by atoms with Crippen LogP contribution in [0.25, 0.3) is 0 Å². The number of Topliss-reactive ketones (excluding diaryl/α,β-unsaturated/α-hetero) is 1. The largest absolute Gasteiger partial charge is 0.501 e. The van der Waals surface area contributed by atoms with Crippen molar-refractivity contribution in [3.8, 4) is 0 Å². The summed E-state index contributed by atoms with van der Waals surface area (Å²) in [6.07, 6.45) is 3.30. The first-order chi connectivity index (χ1) is 6.79. The van der Waals surface area contributed by atoms with Crippen LogP contribution in [0.1, 0.15) is 12.8 Å². The smallest absolute Gasteiger partial charge is 0.168 e. The van der Waals surface area contributed by atoms with Crippen molar-refractivity contribution in [2.24, 2.45) is 11.7 Å². The molecule has 0 spiro atoms. The molecule has 0 aromatic rings. The molecule has 0 radical (unpaired) electrons. The molecule has 0 saturated carbocycles. The van der Waals surface area contributed by atoms with Crippen molar-refractivity contribution in [2.75, 3.05) is 19.8 Å². The minimum absolute atomic E-state index is 0.106. The maximum atomic E-state index is 11.9. The van der Waals surface area contributed by atoms with E-state index in [1.165, 1.54) is 0 Å². The fraction of sp³-hybridized carbons (Fsp3) is 0.700. The summed E-state index contributed by atoms with van der Waals surface area (Å²) in [5.41, 5.74) is 6.54. The Morgan fingerprint density at radius 1 is 1.50 bits per heavy atom. The van der Waals surface area contributed by atoms with Gasteiger partial charge in [-0.25, -0.2) is 0 Å². The average Bonchev–Trinajstić information content (AvgIpc) is 2.65. The first kappa shape index (κ1) is 9.68. The second-order valence-corrected chi connectivity index (χ2v) is 3.79. The number of hydrogen-bond acceptors (Lipinski definition) is 4. The number of ketones is 1. The van der Waals surface area contributed by atoms with Gasteiger partial charge in [0.25, 0.3) is 0 Å². The zero-order valence-electron chi connectivity index (χ0n) is 8.07. The van der Waals surface area contributed by atoms with E-state index in [2.05, 4.69) is 0 Å². The Labute approximate surface area is 83.1 Å². The maximum absolute atomic E-state index is 11.9. The molecular weight excluding hydrogens is 182 g/mol. The van der Waals surface area contributed by atoms with E-state index >= 15 is 0 Å². The van der Waals surface area contributed by atoms with E-state index in [1.54, 1.807) is 6.26 Å². The topological polar surface area (TPSA) is 61.5 Å². The summed E-state index contributed by atoms with van der Waals surface area (Å²) in [5.74, 6) is -0.0577. The van der Waals surface area contributed by atoms with Gasteiger partial charge in [0.2, 0.25) is 0 Å². The van der Waals surface area contributed by atoms with Gasteiger partial charge in [0, 0.05) is 11.6 Å². The number of carbonyl (C=O) groups excluding carboxylic acids is 1. The van der Waals surface area contributed by atoms with Crippen molar-refractivity contribution in [3.63, 3.8) is 0 Å². The molecule has 78 valence electrons. The maximum Gasteiger partial charge on any atom is 0.168 e. The van der Waals surface area contributed by atoms with Gasteiger partial charge < -0.3 is 15.2 Å². The van der Waals surface area contributed by atoms with Crippen LogP contribution in [0.3, 0.4) is 0 Å². The summed E-state index contributed by atoms with van der Waals surface area (Å²) < 4.78 is 10.3. The Morgan fingerprint density at radius 2 is 2.36 bits per heavy atom.